The molecular formula is C18H25NO7. The number of esters is 2. The van der Waals surface area contributed by atoms with Crippen molar-refractivity contribution in [3.8, 4) is 0 Å². The first-order valence-corrected chi connectivity index (χ1v) is 8.69. The van der Waals surface area contributed by atoms with E-state index in [9.17, 15) is 24.9 Å². The molecule has 5 atom stereocenters. The van der Waals surface area contributed by atoms with Gasteiger partial charge in [-0.3, -0.25) is 4.90 Å². The molecule has 144 valence electrons. The van der Waals surface area contributed by atoms with Gasteiger partial charge in [0.15, 0.2) is 11.2 Å². The molecule has 26 heavy (non-hydrogen) atoms. The van der Waals surface area contributed by atoms with Gasteiger partial charge in [0.05, 0.1) is 12.1 Å². The van der Waals surface area contributed by atoms with Gasteiger partial charge in [0.1, 0.15) is 12.7 Å². The summed E-state index contributed by atoms with van der Waals surface area (Å²) in [4.78, 5) is 27.1. The summed E-state index contributed by atoms with van der Waals surface area (Å²) in [6.45, 7) is 7.38. The first-order valence-electron chi connectivity index (χ1n) is 8.69. The van der Waals surface area contributed by atoms with Gasteiger partial charge in [0, 0.05) is 19.5 Å². The van der Waals surface area contributed by atoms with E-state index in [0.717, 1.165) is 5.57 Å². The monoisotopic (exact) mass is 367 g/mol. The van der Waals surface area contributed by atoms with E-state index in [-0.39, 0.29) is 18.2 Å². The Morgan fingerprint density at radius 2 is 2.04 bits per heavy atom. The lowest BCUT2D eigenvalue weighted by Gasteiger charge is -2.35. The third-order valence-corrected chi connectivity index (χ3v) is 5.66. The number of aliphatic hydroxyl groups is 3. The standard InChI is InChI=1S/C18H25NO7/c1-10-8-18(24,11(2)20)16(22)26-13-5-7-19-6-4-12(14(13)19)9-25-15(21)17(10,3)23/h4,11,13-14,20,23-24H,1,5-9H2,2-3H3. The lowest BCUT2D eigenvalue weighted by Crippen LogP contribution is -2.54. The van der Waals surface area contributed by atoms with E-state index in [1.54, 1.807) is 0 Å². The molecule has 3 aliphatic heterocycles. The minimum absolute atomic E-state index is 0.0157. The van der Waals surface area contributed by atoms with Crippen molar-refractivity contribution in [1.29, 1.82) is 0 Å². The van der Waals surface area contributed by atoms with Gasteiger partial charge in [-0.1, -0.05) is 12.7 Å². The Labute approximate surface area is 151 Å². The van der Waals surface area contributed by atoms with Crippen LogP contribution in [0.4, 0.5) is 0 Å². The Morgan fingerprint density at radius 1 is 1.35 bits per heavy atom. The van der Waals surface area contributed by atoms with Crippen LogP contribution in [-0.4, -0.2) is 81.3 Å². The molecule has 8 heteroatoms. The van der Waals surface area contributed by atoms with Crippen LogP contribution in [0.2, 0.25) is 0 Å². The quantitative estimate of drug-likeness (QED) is 0.411. The Kier molecular flexibility index (Phi) is 4.72. The molecule has 3 N–H and O–H groups in total. The van der Waals surface area contributed by atoms with Crippen molar-refractivity contribution < 1.29 is 34.4 Å². The lowest BCUT2D eigenvalue weighted by molar-refractivity contribution is -0.185. The van der Waals surface area contributed by atoms with Gasteiger partial charge >= 0.3 is 11.9 Å². The van der Waals surface area contributed by atoms with Crippen molar-refractivity contribution >= 4 is 11.9 Å². The van der Waals surface area contributed by atoms with Crippen LogP contribution < -0.4 is 0 Å². The Balaban J connectivity index is 1.98. The van der Waals surface area contributed by atoms with E-state index in [0.29, 0.717) is 19.5 Å². The zero-order valence-electron chi connectivity index (χ0n) is 15.0. The van der Waals surface area contributed by atoms with Gasteiger partial charge < -0.3 is 24.8 Å². The number of aliphatic hydroxyl groups excluding tert-OH is 1. The average molecular weight is 367 g/mol. The number of nitrogens with zero attached hydrogens (tertiary/aromatic N) is 1. The highest BCUT2D eigenvalue weighted by Crippen LogP contribution is 2.35. The molecule has 0 aliphatic carbocycles. The molecule has 0 aromatic carbocycles. The van der Waals surface area contributed by atoms with Crippen LogP contribution in [-0.2, 0) is 19.1 Å². The minimum atomic E-state index is -2.32. The molecule has 0 amide bonds. The van der Waals surface area contributed by atoms with Crippen molar-refractivity contribution in [2.45, 2.75) is 56.1 Å². The zero-order chi connectivity index (χ0) is 19.3. The first kappa shape index (κ1) is 19.0. The summed E-state index contributed by atoms with van der Waals surface area (Å²) in [6.07, 6.45) is -0.0363. The van der Waals surface area contributed by atoms with Crippen LogP contribution in [0.1, 0.15) is 26.7 Å². The number of hydrogen-bond acceptors (Lipinski definition) is 8. The van der Waals surface area contributed by atoms with E-state index in [4.69, 9.17) is 9.47 Å². The van der Waals surface area contributed by atoms with Gasteiger partial charge in [-0.15, -0.1) is 0 Å². The minimum Gasteiger partial charge on any atom is -0.459 e. The molecule has 3 heterocycles. The second kappa shape index (κ2) is 6.45. The molecule has 0 spiro atoms. The summed E-state index contributed by atoms with van der Waals surface area (Å²) in [7, 11) is 0. The Morgan fingerprint density at radius 3 is 2.69 bits per heavy atom. The van der Waals surface area contributed by atoms with Gasteiger partial charge in [0.25, 0.3) is 0 Å². The second-order valence-electron chi connectivity index (χ2n) is 7.48. The van der Waals surface area contributed by atoms with Crippen molar-refractivity contribution in [3.05, 3.63) is 23.8 Å². The third kappa shape index (κ3) is 2.96. The number of cyclic esters (lactones) is 1. The Bertz CT molecular complexity index is 668. The van der Waals surface area contributed by atoms with E-state index in [1.165, 1.54) is 13.8 Å². The SMILES string of the molecule is C=C1CC(O)(C(C)O)C(=O)OC2CCN3CC=C(COC(=O)C1(C)O)C23. The first-order chi connectivity index (χ1) is 12.1. The van der Waals surface area contributed by atoms with Crippen LogP contribution in [0.3, 0.4) is 0 Å². The summed E-state index contributed by atoms with van der Waals surface area (Å²) in [5.74, 6) is -1.91. The fraction of sp³-hybridized carbons (Fsp3) is 0.667. The van der Waals surface area contributed by atoms with E-state index in [1.807, 2.05) is 6.08 Å². The molecule has 5 unspecified atom stereocenters. The molecule has 2 saturated heterocycles. The third-order valence-electron chi connectivity index (χ3n) is 5.66. The number of carbonyl (C=O) groups is 2. The summed E-state index contributed by atoms with van der Waals surface area (Å²) < 4.78 is 10.8. The van der Waals surface area contributed by atoms with E-state index < -0.39 is 41.8 Å². The normalized spacial score (nSPS) is 40.0. The zero-order valence-corrected chi connectivity index (χ0v) is 15.0. The predicted octanol–water partition coefficient (Wildman–Crippen LogP) is -0.721. The summed E-state index contributed by atoms with van der Waals surface area (Å²) in [6, 6.07) is -0.238. The Hall–Kier alpha value is -1.74. The topological polar surface area (TPSA) is 117 Å². The lowest BCUT2D eigenvalue weighted by atomic mass is 9.83. The maximum absolute atomic E-state index is 12.7. The summed E-state index contributed by atoms with van der Waals surface area (Å²) >= 11 is 0. The molecule has 0 aromatic heterocycles. The highest BCUT2D eigenvalue weighted by atomic mass is 16.6. The van der Waals surface area contributed by atoms with Crippen molar-refractivity contribution in [2.24, 2.45) is 0 Å². The van der Waals surface area contributed by atoms with Gasteiger partial charge in [-0.2, -0.15) is 0 Å². The molecular weight excluding hydrogens is 342 g/mol. The van der Waals surface area contributed by atoms with Crippen molar-refractivity contribution in [2.75, 3.05) is 19.7 Å². The largest absolute Gasteiger partial charge is 0.459 e. The summed E-state index contributed by atoms with van der Waals surface area (Å²) in [5.41, 5.74) is -3.79. The molecule has 2 fully saturated rings. The molecule has 0 radical (unpaired) electrons. The fourth-order valence-electron chi connectivity index (χ4n) is 3.69. The number of hydrogen-bond donors (Lipinski definition) is 3. The maximum atomic E-state index is 12.7. The highest BCUT2D eigenvalue weighted by Gasteiger charge is 2.51. The van der Waals surface area contributed by atoms with Crippen LogP contribution in [0.15, 0.2) is 23.8 Å². The maximum Gasteiger partial charge on any atom is 0.342 e. The van der Waals surface area contributed by atoms with Gasteiger partial charge in [0.2, 0.25) is 0 Å². The van der Waals surface area contributed by atoms with E-state index >= 15 is 0 Å². The molecule has 0 saturated carbocycles. The van der Waals surface area contributed by atoms with Crippen LogP contribution in [0.5, 0.6) is 0 Å². The van der Waals surface area contributed by atoms with Crippen LogP contribution >= 0.6 is 0 Å². The molecule has 3 rings (SSSR count). The number of carbonyl (C=O) groups excluding carboxylic acids is 2. The van der Waals surface area contributed by atoms with Crippen molar-refractivity contribution in [3.63, 3.8) is 0 Å². The number of rotatable bonds is 1. The summed E-state index contributed by atoms with van der Waals surface area (Å²) in [5, 5.41) is 31.3. The van der Waals surface area contributed by atoms with Crippen LogP contribution in [0, 0.1) is 0 Å². The fourth-order valence-corrected chi connectivity index (χ4v) is 3.69. The van der Waals surface area contributed by atoms with E-state index in [2.05, 4.69) is 11.5 Å². The van der Waals surface area contributed by atoms with Gasteiger partial charge in [-0.05, 0) is 31.4 Å². The molecule has 0 aromatic rings. The van der Waals surface area contributed by atoms with Gasteiger partial charge in [-0.25, -0.2) is 9.59 Å². The smallest absolute Gasteiger partial charge is 0.342 e. The molecule has 3 aliphatic rings. The number of ether oxygens (including phenoxy) is 2. The second-order valence-corrected chi connectivity index (χ2v) is 7.48. The van der Waals surface area contributed by atoms with Crippen molar-refractivity contribution in [1.82, 2.24) is 4.90 Å². The molecule has 8 nitrogen and oxygen atoms in total. The molecule has 0 bridgehead atoms. The van der Waals surface area contributed by atoms with Crippen LogP contribution in [0.25, 0.3) is 0 Å². The highest BCUT2D eigenvalue weighted by molar-refractivity contribution is 5.85. The predicted molar refractivity (Wildman–Crippen MR) is 89.9 cm³/mol. The average Bonchev–Trinajstić information content (AvgIpc) is 3.14.